The molecule has 5 atom stereocenters. The van der Waals surface area contributed by atoms with Gasteiger partial charge in [0, 0.05) is 17.3 Å². The Morgan fingerprint density at radius 3 is 2.11 bits per heavy atom. The van der Waals surface area contributed by atoms with Gasteiger partial charge in [0.1, 0.15) is 11.7 Å². The van der Waals surface area contributed by atoms with Crippen LogP contribution in [0.4, 0.5) is 0 Å². The van der Waals surface area contributed by atoms with Crippen molar-refractivity contribution in [3.63, 3.8) is 0 Å². The number of carbonyl (C=O) groups is 4. The first kappa shape index (κ1) is 34.1. The molecule has 0 aliphatic rings. The molecule has 1 aromatic heterocycles. The van der Waals surface area contributed by atoms with Gasteiger partial charge in [-0.3, -0.25) is 19.2 Å². The zero-order valence-electron chi connectivity index (χ0n) is 26.0. The molecule has 8 N–H and O–H groups in total. The molecule has 4 amide bonds. The summed E-state index contributed by atoms with van der Waals surface area (Å²) in [6.07, 6.45) is -1.06. The van der Waals surface area contributed by atoms with Gasteiger partial charge in [-0.05, 0) is 64.3 Å². The quantitative estimate of drug-likeness (QED) is 0.162. The first-order valence-electron chi connectivity index (χ1n) is 14.7. The van der Waals surface area contributed by atoms with Crippen LogP contribution in [0.1, 0.15) is 57.1 Å². The van der Waals surface area contributed by atoms with Gasteiger partial charge in [-0.25, -0.2) is 4.98 Å². The van der Waals surface area contributed by atoms with Gasteiger partial charge in [-0.2, -0.15) is 0 Å². The van der Waals surface area contributed by atoms with Gasteiger partial charge in [-0.1, -0.05) is 61.5 Å². The van der Waals surface area contributed by atoms with Gasteiger partial charge in [0.05, 0.1) is 23.1 Å². The largest absolute Gasteiger partial charge is 0.391 e. The minimum Gasteiger partial charge on any atom is -0.391 e. The molecule has 44 heavy (non-hydrogen) atoms. The van der Waals surface area contributed by atoms with E-state index >= 15 is 0 Å². The van der Waals surface area contributed by atoms with E-state index in [1.54, 1.807) is 30.3 Å². The molecule has 0 aliphatic carbocycles. The summed E-state index contributed by atoms with van der Waals surface area (Å²) in [5.41, 5.74) is 11.1. The monoisotopic (exact) mass is 604 g/mol. The molecule has 0 aliphatic heterocycles. The third-order valence-electron chi connectivity index (χ3n) is 7.53. The third kappa shape index (κ3) is 8.84. The van der Waals surface area contributed by atoms with Crippen molar-refractivity contribution in [3.05, 3.63) is 78.0 Å². The van der Waals surface area contributed by atoms with E-state index in [-0.39, 0.29) is 36.9 Å². The van der Waals surface area contributed by atoms with E-state index in [2.05, 4.69) is 20.9 Å². The Morgan fingerprint density at radius 2 is 1.52 bits per heavy atom. The molecule has 0 radical (unpaired) electrons. The average Bonchev–Trinajstić information content (AvgIpc) is 2.94. The molecule has 11 heteroatoms. The Bertz CT molecular complexity index is 1470. The molecular weight excluding hydrogens is 560 g/mol. The second-order valence-electron chi connectivity index (χ2n) is 12.5. The van der Waals surface area contributed by atoms with Gasteiger partial charge in [0.2, 0.25) is 17.7 Å². The molecule has 2 aromatic carbocycles. The minimum absolute atomic E-state index is 0.00955. The maximum absolute atomic E-state index is 13.4. The molecule has 11 nitrogen and oxygen atoms in total. The molecule has 3 aromatic rings. The van der Waals surface area contributed by atoms with Crippen molar-refractivity contribution in [1.29, 1.82) is 0 Å². The molecule has 0 fully saturated rings. The number of pyridine rings is 1. The number of nitrogens with two attached hydrogens (primary N) is 2. The smallest absolute Gasteiger partial charge is 0.270 e. The summed E-state index contributed by atoms with van der Waals surface area (Å²) >= 11 is 0. The topological polar surface area (TPSA) is 190 Å². The Balaban J connectivity index is 2.01. The summed E-state index contributed by atoms with van der Waals surface area (Å²) in [5.74, 6) is -4.61. The highest BCUT2D eigenvalue weighted by atomic mass is 16.3. The van der Waals surface area contributed by atoms with Crippen molar-refractivity contribution in [3.8, 4) is 0 Å². The Morgan fingerprint density at radius 1 is 0.886 bits per heavy atom. The van der Waals surface area contributed by atoms with Crippen LogP contribution in [0.3, 0.4) is 0 Å². The van der Waals surface area contributed by atoms with Crippen molar-refractivity contribution in [2.24, 2.45) is 23.3 Å². The van der Waals surface area contributed by atoms with E-state index in [4.69, 9.17) is 11.5 Å². The Kier molecular flexibility index (Phi) is 11.2. The van der Waals surface area contributed by atoms with Gasteiger partial charge in [0.25, 0.3) is 5.91 Å². The van der Waals surface area contributed by atoms with Gasteiger partial charge in [-0.15, -0.1) is 0 Å². The fourth-order valence-corrected chi connectivity index (χ4v) is 5.44. The van der Waals surface area contributed by atoms with Gasteiger partial charge < -0.3 is 32.5 Å². The van der Waals surface area contributed by atoms with Crippen LogP contribution >= 0.6 is 0 Å². The maximum Gasteiger partial charge on any atom is 0.270 e. The van der Waals surface area contributed by atoms with Crippen LogP contribution in [0.25, 0.3) is 10.9 Å². The molecule has 1 heterocycles. The number of nitrogens with zero attached hydrogens (tertiary/aromatic N) is 1. The van der Waals surface area contributed by atoms with E-state index in [0.29, 0.717) is 5.52 Å². The fraction of sp³-hybridized carbons (Fsp3) is 0.424. The van der Waals surface area contributed by atoms with E-state index in [1.807, 2.05) is 58.0 Å². The number of hydrogen-bond donors (Lipinski definition) is 6. The van der Waals surface area contributed by atoms with Crippen LogP contribution in [0.5, 0.6) is 0 Å². The summed E-state index contributed by atoms with van der Waals surface area (Å²) in [7, 11) is 0. The average molecular weight is 605 g/mol. The molecule has 0 saturated carbocycles. The number of aliphatic hydroxyl groups excluding tert-OH is 1. The van der Waals surface area contributed by atoms with E-state index in [9.17, 15) is 24.3 Å². The summed E-state index contributed by atoms with van der Waals surface area (Å²) in [5, 5.41) is 21.0. The summed E-state index contributed by atoms with van der Waals surface area (Å²) in [6.45, 7) is 9.15. The van der Waals surface area contributed by atoms with Crippen LogP contribution < -0.4 is 27.4 Å². The summed E-state index contributed by atoms with van der Waals surface area (Å²) in [4.78, 5) is 56.7. The number of rotatable bonds is 14. The van der Waals surface area contributed by atoms with Crippen molar-refractivity contribution >= 4 is 34.5 Å². The normalized spacial score (nSPS) is 15.8. The molecule has 3 rings (SSSR count). The third-order valence-corrected chi connectivity index (χ3v) is 7.53. The SMILES string of the molecule is CC(CNC(Cc1ccccc1)(C(C)O)C(C(N)=O)C(NC(=O)c1ccc2ccccc2n1)C(N)=O)CC(=O)NC(C)(C)C. The van der Waals surface area contributed by atoms with Crippen molar-refractivity contribution in [2.45, 2.75) is 70.7 Å². The van der Waals surface area contributed by atoms with Crippen LogP contribution in [0.15, 0.2) is 66.7 Å². The standard InChI is InChI=1S/C33H44N6O5/c1-20(17-26(41)39-32(3,4)5)19-36-33(21(2)40,18-22-11-7-6-8-12-22)27(29(34)42)28(30(35)43)38-31(44)25-16-15-23-13-9-10-14-24(23)37-25/h6-16,20-21,27-28,36,40H,17-19H2,1-5H3,(H2,34,42)(H2,35,43)(H,38,44)(H,39,41). The van der Waals surface area contributed by atoms with Gasteiger partial charge >= 0.3 is 0 Å². The second kappa shape index (κ2) is 14.4. The Hall–Kier alpha value is -4.35. The van der Waals surface area contributed by atoms with E-state index < -0.39 is 46.9 Å². The predicted octanol–water partition coefficient (Wildman–Crippen LogP) is 1.81. The summed E-state index contributed by atoms with van der Waals surface area (Å²) in [6, 6.07) is 17.9. The van der Waals surface area contributed by atoms with Crippen molar-refractivity contribution in [2.75, 3.05) is 6.54 Å². The molecule has 0 bridgehead atoms. The molecular formula is C33H44N6O5. The second-order valence-corrected chi connectivity index (χ2v) is 12.5. The number of carbonyl (C=O) groups excluding carboxylic acids is 4. The lowest BCUT2D eigenvalue weighted by atomic mass is 9.70. The summed E-state index contributed by atoms with van der Waals surface area (Å²) < 4.78 is 0. The zero-order chi connectivity index (χ0) is 32.7. The molecule has 236 valence electrons. The first-order chi connectivity index (χ1) is 20.6. The van der Waals surface area contributed by atoms with E-state index in [1.165, 1.54) is 13.0 Å². The number of aliphatic hydroxyl groups is 1. The van der Waals surface area contributed by atoms with Crippen LogP contribution in [0, 0.1) is 11.8 Å². The number of primary amides is 2. The fourth-order valence-electron chi connectivity index (χ4n) is 5.44. The number of para-hydroxylation sites is 1. The van der Waals surface area contributed by atoms with E-state index in [0.717, 1.165) is 10.9 Å². The number of aromatic nitrogens is 1. The molecule has 0 spiro atoms. The molecule has 0 saturated heterocycles. The number of fused-ring (bicyclic) bond motifs is 1. The van der Waals surface area contributed by atoms with Crippen LogP contribution in [0.2, 0.25) is 0 Å². The number of amides is 4. The van der Waals surface area contributed by atoms with Crippen molar-refractivity contribution < 1.29 is 24.3 Å². The number of nitrogens with one attached hydrogen (secondary N) is 3. The minimum atomic E-state index is -1.61. The number of benzene rings is 2. The lowest BCUT2D eigenvalue weighted by molar-refractivity contribution is -0.135. The highest BCUT2D eigenvalue weighted by Gasteiger charge is 2.52. The highest BCUT2D eigenvalue weighted by molar-refractivity contribution is 5.99. The van der Waals surface area contributed by atoms with Crippen LogP contribution in [-0.2, 0) is 20.8 Å². The Labute approximate surface area is 258 Å². The zero-order valence-corrected chi connectivity index (χ0v) is 26.0. The highest BCUT2D eigenvalue weighted by Crippen LogP contribution is 2.31. The number of hydrogen-bond acceptors (Lipinski definition) is 7. The first-order valence-corrected chi connectivity index (χ1v) is 14.7. The maximum atomic E-state index is 13.4. The molecule has 5 unspecified atom stereocenters. The predicted molar refractivity (Wildman–Crippen MR) is 169 cm³/mol. The van der Waals surface area contributed by atoms with Gasteiger partial charge in [0.15, 0.2) is 0 Å². The van der Waals surface area contributed by atoms with Crippen LogP contribution in [-0.4, -0.2) is 63.5 Å². The lowest BCUT2D eigenvalue weighted by Gasteiger charge is -2.45. The lowest BCUT2D eigenvalue weighted by Crippen LogP contribution is -2.70. The van der Waals surface area contributed by atoms with Crippen molar-refractivity contribution in [1.82, 2.24) is 20.9 Å².